The van der Waals surface area contributed by atoms with Crippen molar-refractivity contribution in [2.75, 3.05) is 5.32 Å². The minimum atomic E-state index is -0.814. The van der Waals surface area contributed by atoms with Crippen molar-refractivity contribution in [3.63, 3.8) is 0 Å². The van der Waals surface area contributed by atoms with E-state index in [9.17, 15) is 9.59 Å². The molecule has 2 N–H and O–H groups in total. The quantitative estimate of drug-likeness (QED) is 0.390. The smallest absolute Gasteiger partial charge is 0.280 e. The molecule has 2 aromatic rings. The van der Waals surface area contributed by atoms with E-state index < -0.39 is 12.0 Å². The van der Waals surface area contributed by atoms with Gasteiger partial charge in [0.15, 0.2) is 6.10 Å². The molecule has 2 amide bonds. The normalized spacial score (nSPS) is 15.7. The zero-order valence-corrected chi connectivity index (χ0v) is 19.7. The summed E-state index contributed by atoms with van der Waals surface area (Å²) in [5, 5.41) is 7.98. The topological polar surface area (TPSA) is 79.8 Å². The molecule has 0 saturated heterocycles. The summed E-state index contributed by atoms with van der Waals surface area (Å²) >= 11 is 12.0. The van der Waals surface area contributed by atoms with E-state index in [-0.39, 0.29) is 11.8 Å². The molecule has 0 bridgehead atoms. The molecular formula is C24H27Cl2N3O3. The molecule has 170 valence electrons. The first-order valence-electron chi connectivity index (χ1n) is 10.7. The van der Waals surface area contributed by atoms with E-state index in [1.165, 1.54) is 6.42 Å². The largest absolute Gasteiger partial charge is 0.479 e. The van der Waals surface area contributed by atoms with Crippen LogP contribution in [-0.4, -0.2) is 23.6 Å². The van der Waals surface area contributed by atoms with Crippen LogP contribution >= 0.6 is 23.2 Å². The van der Waals surface area contributed by atoms with E-state index in [0.717, 1.165) is 31.2 Å². The number of nitrogens with zero attached hydrogens (tertiary/aromatic N) is 1. The molecule has 0 aromatic heterocycles. The summed E-state index contributed by atoms with van der Waals surface area (Å²) in [6.45, 7) is 3.39. The van der Waals surface area contributed by atoms with Crippen LogP contribution in [0.25, 0.3) is 0 Å². The third-order valence-corrected chi connectivity index (χ3v) is 5.96. The summed E-state index contributed by atoms with van der Waals surface area (Å²) in [6, 6.07) is 12.2. The zero-order chi connectivity index (χ0) is 23.1. The lowest BCUT2D eigenvalue weighted by molar-refractivity contribution is -0.127. The van der Waals surface area contributed by atoms with Gasteiger partial charge in [0.1, 0.15) is 5.75 Å². The number of hydrogen-bond donors (Lipinski definition) is 2. The lowest BCUT2D eigenvalue weighted by Gasteiger charge is -2.20. The molecular weight excluding hydrogens is 449 g/mol. The average Bonchev–Trinajstić information content (AvgIpc) is 2.79. The van der Waals surface area contributed by atoms with Crippen molar-refractivity contribution in [2.24, 2.45) is 11.0 Å². The Bertz CT molecular complexity index is 1000. The number of carbonyl (C=O) groups is 2. The Morgan fingerprint density at radius 2 is 1.84 bits per heavy atom. The fraction of sp³-hybridized carbons (Fsp3) is 0.375. The van der Waals surface area contributed by atoms with E-state index in [1.807, 2.05) is 24.3 Å². The number of ether oxygens (including phenoxy) is 1. The Labute approximate surface area is 198 Å². The molecule has 2 aromatic carbocycles. The van der Waals surface area contributed by atoms with Gasteiger partial charge in [-0.3, -0.25) is 9.59 Å². The summed E-state index contributed by atoms with van der Waals surface area (Å²) < 4.78 is 5.60. The van der Waals surface area contributed by atoms with Crippen molar-refractivity contribution < 1.29 is 14.3 Å². The van der Waals surface area contributed by atoms with Crippen LogP contribution in [0.2, 0.25) is 10.0 Å². The van der Waals surface area contributed by atoms with E-state index in [4.69, 9.17) is 27.9 Å². The second-order valence-corrected chi connectivity index (χ2v) is 8.76. The Kier molecular flexibility index (Phi) is 8.53. The number of carbonyl (C=O) groups excluding carboxylic acids is 2. The van der Waals surface area contributed by atoms with Crippen molar-refractivity contribution >= 4 is 46.4 Å². The van der Waals surface area contributed by atoms with Gasteiger partial charge >= 0.3 is 0 Å². The standard InChI is InChI=1S/C24H27Cl2N3O3/c1-15(28-29-23(30)16(2)32-22-12-11-19(25)14-21(22)26)18-9-6-10-20(13-18)27-24(31)17-7-4-3-5-8-17/h6,9-14,16-17H,3-5,7-8H2,1-2H3,(H,27,31)(H,29,30)/b28-15-. The molecule has 8 heteroatoms. The predicted molar refractivity (Wildman–Crippen MR) is 129 cm³/mol. The maximum absolute atomic E-state index is 12.5. The molecule has 0 aliphatic heterocycles. The third-order valence-electron chi connectivity index (χ3n) is 5.42. The van der Waals surface area contributed by atoms with Gasteiger partial charge in [0.05, 0.1) is 10.7 Å². The molecule has 0 spiro atoms. The minimum Gasteiger partial charge on any atom is -0.479 e. The van der Waals surface area contributed by atoms with Crippen LogP contribution in [0.4, 0.5) is 5.69 Å². The first-order valence-corrected chi connectivity index (χ1v) is 11.5. The summed E-state index contributed by atoms with van der Waals surface area (Å²) in [5.41, 5.74) is 4.62. The number of hydrazone groups is 1. The highest BCUT2D eigenvalue weighted by atomic mass is 35.5. The van der Waals surface area contributed by atoms with Crippen molar-refractivity contribution in [2.45, 2.75) is 52.1 Å². The number of halogens is 2. The fourth-order valence-corrected chi connectivity index (χ4v) is 3.99. The van der Waals surface area contributed by atoms with Gasteiger partial charge in [-0.05, 0) is 62.6 Å². The Balaban J connectivity index is 1.58. The van der Waals surface area contributed by atoms with Gasteiger partial charge in [0.2, 0.25) is 5.91 Å². The monoisotopic (exact) mass is 475 g/mol. The van der Waals surface area contributed by atoms with E-state index >= 15 is 0 Å². The van der Waals surface area contributed by atoms with Gasteiger partial charge in [0.25, 0.3) is 5.91 Å². The molecule has 1 fully saturated rings. The number of hydrogen-bond acceptors (Lipinski definition) is 4. The Morgan fingerprint density at radius 3 is 2.56 bits per heavy atom. The van der Waals surface area contributed by atoms with Crippen LogP contribution in [0.3, 0.4) is 0 Å². The average molecular weight is 476 g/mol. The van der Waals surface area contributed by atoms with Gasteiger partial charge in [-0.25, -0.2) is 5.43 Å². The number of amides is 2. The summed E-state index contributed by atoms with van der Waals surface area (Å²) in [4.78, 5) is 24.9. The number of benzene rings is 2. The molecule has 0 radical (unpaired) electrons. The first-order chi connectivity index (χ1) is 15.3. The van der Waals surface area contributed by atoms with E-state index in [1.54, 1.807) is 32.0 Å². The zero-order valence-electron chi connectivity index (χ0n) is 18.2. The Morgan fingerprint density at radius 1 is 1.09 bits per heavy atom. The van der Waals surface area contributed by atoms with Gasteiger partial charge in [-0.2, -0.15) is 5.10 Å². The van der Waals surface area contributed by atoms with Crippen LogP contribution in [0.5, 0.6) is 5.75 Å². The fourth-order valence-electron chi connectivity index (χ4n) is 3.54. The summed E-state index contributed by atoms with van der Waals surface area (Å²) in [5.74, 6) is 0.0895. The van der Waals surface area contributed by atoms with Gasteiger partial charge in [-0.15, -0.1) is 0 Å². The molecule has 1 unspecified atom stereocenters. The maximum Gasteiger partial charge on any atom is 0.280 e. The van der Waals surface area contributed by atoms with E-state index in [0.29, 0.717) is 27.2 Å². The Hall–Kier alpha value is -2.57. The molecule has 3 rings (SSSR count). The SMILES string of the molecule is C/C(=N/NC(=O)C(C)Oc1ccc(Cl)cc1Cl)c1cccc(NC(=O)C2CCCCC2)c1. The van der Waals surface area contributed by atoms with Crippen LogP contribution in [0, 0.1) is 5.92 Å². The maximum atomic E-state index is 12.5. The second kappa shape index (κ2) is 11.3. The second-order valence-electron chi connectivity index (χ2n) is 7.91. The highest BCUT2D eigenvalue weighted by molar-refractivity contribution is 6.35. The van der Waals surface area contributed by atoms with Crippen molar-refractivity contribution in [3.8, 4) is 5.75 Å². The molecule has 0 heterocycles. The number of nitrogens with one attached hydrogen (secondary N) is 2. The first kappa shape index (κ1) is 24.1. The van der Waals surface area contributed by atoms with Gasteiger partial charge < -0.3 is 10.1 Å². The van der Waals surface area contributed by atoms with Crippen LogP contribution in [-0.2, 0) is 9.59 Å². The van der Waals surface area contributed by atoms with Crippen LogP contribution in [0.15, 0.2) is 47.6 Å². The molecule has 1 saturated carbocycles. The van der Waals surface area contributed by atoms with Crippen LogP contribution in [0.1, 0.15) is 51.5 Å². The molecule has 1 atom stereocenters. The van der Waals surface area contributed by atoms with Crippen LogP contribution < -0.4 is 15.5 Å². The van der Waals surface area contributed by atoms with Gasteiger partial charge in [0, 0.05) is 16.6 Å². The minimum absolute atomic E-state index is 0.0663. The van der Waals surface area contributed by atoms with Crippen molar-refractivity contribution in [1.82, 2.24) is 5.43 Å². The van der Waals surface area contributed by atoms with Crippen molar-refractivity contribution in [1.29, 1.82) is 0 Å². The summed E-state index contributed by atoms with van der Waals surface area (Å²) in [7, 11) is 0. The molecule has 6 nitrogen and oxygen atoms in total. The predicted octanol–water partition coefficient (Wildman–Crippen LogP) is 5.82. The molecule has 1 aliphatic rings. The lowest BCUT2D eigenvalue weighted by Crippen LogP contribution is -2.34. The third kappa shape index (κ3) is 6.71. The highest BCUT2D eigenvalue weighted by Gasteiger charge is 2.21. The number of rotatable bonds is 7. The van der Waals surface area contributed by atoms with Gasteiger partial charge in [-0.1, -0.05) is 54.6 Å². The van der Waals surface area contributed by atoms with Crippen molar-refractivity contribution in [3.05, 3.63) is 58.1 Å². The molecule has 32 heavy (non-hydrogen) atoms. The highest BCUT2D eigenvalue weighted by Crippen LogP contribution is 2.28. The molecule has 1 aliphatic carbocycles. The number of anilines is 1. The lowest BCUT2D eigenvalue weighted by atomic mass is 9.88. The summed E-state index contributed by atoms with van der Waals surface area (Å²) in [6.07, 6.45) is 4.49. The van der Waals surface area contributed by atoms with E-state index in [2.05, 4.69) is 15.8 Å².